The smallest absolute Gasteiger partial charge is 0.164 e. The highest BCUT2D eigenvalue weighted by Gasteiger charge is 2.14. The topological polar surface area (TPSA) is 39.1 Å². The Morgan fingerprint density at radius 3 is 3.11 bits per heavy atom. The van der Waals surface area contributed by atoms with Gasteiger partial charge >= 0.3 is 0 Å². The first-order valence-electron chi connectivity index (χ1n) is 6.23. The zero-order valence-electron chi connectivity index (χ0n) is 10.7. The maximum absolute atomic E-state index is 5.37. The third kappa shape index (κ3) is 1.74. The molecule has 3 rings (SSSR count). The summed E-state index contributed by atoms with van der Waals surface area (Å²) in [6.07, 6.45) is 4.09. The van der Waals surface area contributed by atoms with E-state index in [1.807, 2.05) is 11.7 Å². The molecule has 18 heavy (non-hydrogen) atoms. The van der Waals surface area contributed by atoms with Crippen LogP contribution in [-0.4, -0.2) is 23.4 Å². The maximum atomic E-state index is 5.37. The fraction of sp³-hybridized carbons (Fsp3) is 0.357. The Hall–Kier alpha value is -1.97. The van der Waals surface area contributed by atoms with Crippen LogP contribution in [0.15, 0.2) is 24.4 Å². The van der Waals surface area contributed by atoms with Crippen molar-refractivity contribution in [2.45, 2.75) is 12.8 Å². The molecule has 0 amide bonds. The van der Waals surface area contributed by atoms with Gasteiger partial charge in [0.15, 0.2) is 5.75 Å². The first kappa shape index (κ1) is 11.1. The van der Waals surface area contributed by atoms with Crippen molar-refractivity contribution >= 4 is 5.69 Å². The molecule has 2 heterocycles. The lowest BCUT2D eigenvalue weighted by Gasteiger charge is -2.19. The zero-order valence-corrected chi connectivity index (χ0v) is 10.7. The summed E-state index contributed by atoms with van der Waals surface area (Å²) in [7, 11) is 3.62. The van der Waals surface area contributed by atoms with E-state index in [0.29, 0.717) is 0 Å². The molecule has 0 fully saturated rings. The number of nitrogens with one attached hydrogen (secondary N) is 1. The number of ether oxygens (including phenoxy) is 1. The molecule has 1 N–H and O–H groups in total. The van der Waals surface area contributed by atoms with Crippen LogP contribution in [0.2, 0.25) is 0 Å². The second-order valence-electron chi connectivity index (χ2n) is 4.59. The van der Waals surface area contributed by atoms with Gasteiger partial charge in [0.1, 0.15) is 5.69 Å². The number of hydrogen-bond acceptors (Lipinski definition) is 3. The van der Waals surface area contributed by atoms with Gasteiger partial charge in [-0.1, -0.05) is 6.07 Å². The molecule has 4 nitrogen and oxygen atoms in total. The second kappa shape index (κ2) is 4.37. The van der Waals surface area contributed by atoms with E-state index in [1.54, 1.807) is 13.3 Å². The summed E-state index contributed by atoms with van der Waals surface area (Å²) in [5, 5.41) is 7.68. The summed E-state index contributed by atoms with van der Waals surface area (Å²) in [5.74, 6) is 0.821. The van der Waals surface area contributed by atoms with Crippen LogP contribution >= 0.6 is 0 Å². The minimum absolute atomic E-state index is 0.821. The van der Waals surface area contributed by atoms with Crippen LogP contribution < -0.4 is 10.1 Å². The van der Waals surface area contributed by atoms with E-state index in [-0.39, 0.29) is 0 Å². The number of nitrogens with zero attached hydrogens (tertiary/aromatic N) is 2. The molecule has 0 spiro atoms. The van der Waals surface area contributed by atoms with Crippen molar-refractivity contribution in [3.05, 3.63) is 30.0 Å². The fourth-order valence-corrected chi connectivity index (χ4v) is 2.52. The summed E-state index contributed by atoms with van der Waals surface area (Å²) >= 11 is 0. The molecule has 1 aromatic heterocycles. The number of fused-ring (bicyclic) bond motifs is 1. The second-order valence-corrected chi connectivity index (χ2v) is 4.59. The van der Waals surface area contributed by atoms with Gasteiger partial charge in [-0.05, 0) is 30.5 Å². The molecule has 0 saturated heterocycles. The van der Waals surface area contributed by atoms with Gasteiger partial charge in [-0.2, -0.15) is 5.10 Å². The van der Waals surface area contributed by atoms with Crippen molar-refractivity contribution < 1.29 is 4.74 Å². The van der Waals surface area contributed by atoms with E-state index < -0.39 is 0 Å². The molecular formula is C14H17N3O. The van der Waals surface area contributed by atoms with Crippen LogP contribution in [0.4, 0.5) is 5.69 Å². The summed E-state index contributed by atoms with van der Waals surface area (Å²) in [6.45, 7) is 1.07. The summed E-state index contributed by atoms with van der Waals surface area (Å²) in [4.78, 5) is 0. The lowest BCUT2D eigenvalue weighted by Crippen LogP contribution is -2.11. The van der Waals surface area contributed by atoms with Crippen LogP contribution in [0.25, 0.3) is 11.3 Å². The number of hydrogen-bond donors (Lipinski definition) is 1. The van der Waals surface area contributed by atoms with Crippen LogP contribution in [0.3, 0.4) is 0 Å². The van der Waals surface area contributed by atoms with Crippen LogP contribution in [-0.2, 0) is 13.5 Å². The Labute approximate surface area is 107 Å². The predicted molar refractivity (Wildman–Crippen MR) is 72.0 cm³/mol. The highest BCUT2D eigenvalue weighted by Crippen LogP contribution is 2.33. The molecule has 0 radical (unpaired) electrons. The van der Waals surface area contributed by atoms with E-state index >= 15 is 0 Å². The number of methoxy groups -OCH3 is 1. The largest absolute Gasteiger partial charge is 0.493 e. The van der Waals surface area contributed by atoms with E-state index in [2.05, 4.69) is 28.6 Å². The Kier molecular flexibility index (Phi) is 2.70. The highest BCUT2D eigenvalue weighted by molar-refractivity contribution is 5.71. The van der Waals surface area contributed by atoms with Gasteiger partial charge < -0.3 is 10.1 Å². The number of aromatic nitrogens is 2. The van der Waals surface area contributed by atoms with Gasteiger partial charge in [0.2, 0.25) is 0 Å². The number of anilines is 1. The van der Waals surface area contributed by atoms with Gasteiger partial charge in [0.25, 0.3) is 0 Å². The molecule has 0 atom stereocenters. The van der Waals surface area contributed by atoms with E-state index in [1.165, 1.54) is 17.7 Å². The summed E-state index contributed by atoms with van der Waals surface area (Å²) in [5.41, 5.74) is 4.83. The van der Waals surface area contributed by atoms with Crippen LogP contribution in [0.1, 0.15) is 12.0 Å². The molecule has 1 aliphatic rings. The third-order valence-electron chi connectivity index (χ3n) is 3.44. The first-order valence-corrected chi connectivity index (χ1v) is 6.23. The van der Waals surface area contributed by atoms with E-state index in [0.717, 1.165) is 30.0 Å². The Bertz CT molecular complexity index is 574. The molecule has 2 aromatic rings. The minimum Gasteiger partial charge on any atom is -0.493 e. The molecule has 1 aliphatic heterocycles. The predicted octanol–water partition coefficient (Wildman–Crippen LogP) is 2.45. The van der Waals surface area contributed by atoms with Crippen LogP contribution in [0, 0.1) is 0 Å². The van der Waals surface area contributed by atoms with Gasteiger partial charge in [0.05, 0.1) is 13.3 Å². The van der Waals surface area contributed by atoms with Crippen molar-refractivity contribution in [2.75, 3.05) is 19.0 Å². The minimum atomic E-state index is 0.821. The average Bonchev–Trinajstić information content (AvgIpc) is 2.79. The van der Waals surface area contributed by atoms with Gasteiger partial charge in [-0.15, -0.1) is 0 Å². The van der Waals surface area contributed by atoms with Crippen molar-refractivity contribution in [3.8, 4) is 17.0 Å². The molecule has 0 saturated carbocycles. The van der Waals surface area contributed by atoms with Gasteiger partial charge in [-0.3, -0.25) is 4.68 Å². The van der Waals surface area contributed by atoms with Crippen molar-refractivity contribution in [2.24, 2.45) is 7.05 Å². The number of rotatable bonds is 2. The van der Waals surface area contributed by atoms with E-state index in [4.69, 9.17) is 4.74 Å². The normalized spacial score (nSPS) is 13.9. The molecule has 1 aromatic carbocycles. The van der Waals surface area contributed by atoms with Gasteiger partial charge in [0, 0.05) is 24.8 Å². The maximum Gasteiger partial charge on any atom is 0.164 e. The average molecular weight is 243 g/mol. The van der Waals surface area contributed by atoms with Crippen molar-refractivity contribution in [3.63, 3.8) is 0 Å². The zero-order chi connectivity index (χ0) is 12.5. The Balaban J connectivity index is 2.09. The standard InChI is InChI=1S/C14H17N3O/c1-17-14(13(18-2)9-16-17)11-5-6-12-10(8-11)4-3-7-15-12/h5-6,8-9,15H,3-4,7H2,1-2H3. The number of benzene rings is 1. The number of aryl methyl sites for hydroxylation is 2. The molecule has 0 bridgehead atoms. The quantitative estimate of drug-likeness (QED) is 0.880. The SMILES string of the molecule is COc1cnn(C)c1-c1ccc2c(c1)CCCN2. The fourth-order valence-electron chi connectivity index (χ4n) is 2.52. The monoisotopic (exact) mass is 243 g/mol. The van der Waals surface area contributed by atoms with Crippen LogP contribution in [0.5, 0.6) is 5.75 Å². The van der Waals surface area contributed by atoms with Gasteiger partial charge in [-0.25, -0.2) is 0 Å². The summed E-state index contributed by atoms with van der Waals surface area (Å²) < 4.78 is 7.22. The molecule has 4 heteroatoms. The Morgan fingerprint density at radius 1 is 1.39 bits per heavy atom. The highest BCUT2D eigenvalue weighted by atomic mass is 16.5. The van der Waals surface area contributed by atoms with Crippen molar-refractivity contribution in [1.29, 1.82) is 0 Å². The molecular weight excluding hydrogens is 226 g/mol. The third-order valence-corrected chi connectivity index (χ3v) is 3.44. The lowest BCUT2D eigenvalue weighted by atomic mass is 9.99. The molecule has 0 aliphatic carbocycles. The van der Waals surface area contributed by atoms with E-state index in [9.17, 15) is 0 Å². The Morgan fingerprint density at radius 2 is 2.28 bits per heavy atom. The summed E-state index contributed by atoms with van der Waals surface area (Å²) in [6, 6.07) is 6.51. The van der Waals surface area contributed by atoms with Crippen molar-refractivity contribution in [1.82, 2.24) is 9.78 Å². The molecule has 94 valence electrons. The first-order chi connectivity index (χ1) is 8.79. The lowest BCUT2D eigenvalue weighted by molar-refractivity contribution is 0.416. The molecule has 0 unspecified atom stereocenters.